The van der Waals surface area contributed by atoms with Crippen LogP contribution in [0.3, 0.4) is 0 Å². The van der Waals surface area contributed by atoms with E-state index in [2.05, 4.69) is 34.7 Å². The molecular formula is C15H22BrFN2. The van der Waals surface area contributed by atoms with E-state index in [4.69, 9.17) is 5.73 Å². The van der Waals surface area contributed by atoms with E-state index in [1.54, 1.807) is 12.1 Å². The van der Waals surface area contributed by atoms with Gasteiger partial charge in [0, 0.05) is 23.1 Å². The summed E-state index contributed by atoms with van der Waals surface area (Å²) in [5.74, 6) is 0.462. The van der Waals surface area contributed by atoms with Gasteiger partial charge in [0.25, 0.3) is 0 Å². The predicted octanol–water partition coefficient (Wildman–Crippen LogP) is 3.71. The summed E-state index contributed by atoms with van der Waals surface area (Å²) in [6, 6.07) is 5.42. The van der Waals surface area contributed by atoms with Crippen LogP contribution in [0.2, 0.25) is 0 Å². The van der Waals surface area contributed by atoms with Gasteiger partial charge < -0.3 is 5.73 Å². The fourth-order valence-electron chi connectivity index (χ4n) is 3.02. The van der Waals surface area contributed by atoms with Crippen molar-refractivity contribution >= 4 is 15.9 Å². The number of piperidine rings is 1. The summed E-state index contributed by atoms with van der Waals surface area (Å²) in [6.45, 7) is 6.08. The molecule has 0 aliphatic carbocycles. The average Bonchev–Trinajstić information content (AvgIpc) is 2.39. The molecule has 1 saturated heterocycles. The van der Waals surface area contributed by atoms with Crippen molar-refractivity contribution in [3.8, 4) is 0 Å². The third kappa shape index (κ3) is 3.18. The zero-order chi connectivity index (χ0) is 14.0. The van der Waals surface area contributed by atoms with Gasteiger partial charge in [0.05, 0.1) is 0 Å². The summed E-state index contributed by atoms with van der Waals surface area (Å²) in [5.41, 5.74) is 6.94. The number of hydrogen-bond donors (Lipinski definition) is 1. The molecule has 1 fully saturated rings. The highest BCUT2D eigenvalue weighted by Crippen LogP contribution is 2.34. The smallest absolute Gasteiger partial charge is 0.123 e. The van der Waals surface area contributed by atoms with Crippen LogP contribution in [0.25, 0.3) is 0 Å². The molecule has 0 amide bonds. The van der Waals surface area contributed by atoms with Gasteiger partial charge in [-0.2, -0.15) is 0 Å². The fourth-order valence-corrected chi connectivity index (χ4v) is 3.53. The van der Waals surface area contributed by atoms with Crippen molar-refractivity contribution in [1.29, 1.82) is 0 Å². The van der Waals surface area contributed by atoms with Gasteiger partial charge in [-0.05, 0) is 56.0 Å². The topological polar surface area (TPSA) is 29.3 Å². The lowest BCUT2D eigenvalue weighted by molar-refractivity contribution is 0.0705. The quantitative estimate of drug-likeness (QED) is 0.916. The number of benzene rings is 1. The molecule has 0 bridgehead atoms. The van der Waals surface area contributed by atoms with E-state index in [1.807, 2.05) is 0 Å². The van der Waals surface area contributed by atoms with E-state index >= 15 is 0 Å². The minimum absolute atomic E-state index is 0.0859. The van der Waals surface area contributed by atoms with Gasteiger partial charge in [0.15, 0.2) is 0 Å². The molecule has 1 aromatic rings. The molecule has 0 spiro atoms. The molecule has 0 radical (unpaired) electrons. The Morgan fingerprint density at radius 3 is 2.89 bits per heavy atom. The van der Waals surface area contributed by atoms with E-state index in [9.17, 15) is 4.39 Å². The first-order chi connectivity index (χ1) is 9.04. The van der Waals surface area contributed by atoms with Gasteiger partial charge in [-0.25, -0.2) is 4.39 Å². The molecule has 1 aliphatic rings. The Morgan fingerprint density at radius 2 is 2.21 bits per heavy atom. The van der Waals surface area contributed by atoms with E-state index in [0.717, 1.165) is 16.6 Å². The summed E-state index contributed by atoms with van der Waals surface area (Å²) in [6.07, 6.45) is 2.45. The molecule has 0 saturated carbocycles. The molecule has 106 valence electrons. The van der Waals surface area contributed by atoms with Crippen molar-refractivity contribution in [2.24, 2.45) is 11.7 Å². The SMILES string of the molecule is CC1CCCN(C(CN)c2cc(F)ccc2Br)C1C. The largest absolute Gasteiger partial charge is 0.329 e. The van der Waals surface area contributed by atoms with Gasteiger partial charge in [0.1, 0.15) is 5.82 Å². The monoisotopic (exact) mass is 328 g/mol. The van der Waals surface area contributed by atoms with Crippen molar-refractivity contribution in [3.05, 3.63) is 34.1 Å². The molecule has 4 heteroatoms. The van der Waals surface area contributed by atoms with Gasteiger partial charge in [-0.3, -0.25) is 4.90 Å². The summed E-state index contributed by atoms with van der Waals surface area (Å²) in [7, 11) is 0. The van der Waals surface area contributed by atoms with Crippen LogP contribution < -0.4 is 5.73 Å². The third-order valence-electron chi connectivity index (χ3n) is 4.36. The second-order valence-electron chi connectivity index (χ2n) is 5.52. The van der Waals surface area contributed by atoms with Crippen LogP contribution in [-0.4, -0.2) is 24.0 Å². The van der Waals surface area contributed by atoms with Crippen LogP contribution in [-0.2, 0) is 0 Å². The summed E-state index contributed by atoms with van der Waals surface area (Å²) in [5, 5.41) is 0. The molecule has 2 N–H and O–H groups in total. The van der Waals surface area contributed by atoms with Crippen molar-refractivity contribution in [3.63, 3.8) is 0 Å². The van der Waals surface area contributed by atoms with Crippen LogP contribution in [0.4, 0.5) is 4.39 Å². The average molecular weight is 329 g/mol. The van der Waals surface area contributed by atoms with Gasteiger partial charge in [-0.15, -0.1) is 0 Å². The first kappa shape index (κ1) is 14.9. The zero-order valence-corrected chi connectivity index (χ0v) is 13.2. The number of nitrogens with zero attached hydrogens (tertiary/aromatic N) is 1. The molecular weight excluding hydrogens is 307 g/mol. The highest BCUT2D eigenvalue weighted by molar-refractivity contribution is 9.10. The number of halogens is 2. The highest BCUT2D eigenvalue weighted by atomic mass is 79.9. The van der Waals surface area contributed by atoms with E-state index in [1.165, 1.54) is 18.9 Å². The number of rotatable bonds is 3. The fraction of sp³-hybridized carbons (Fsp3) is 0.600. The minimum Gasteiger partial charge on any atom is -0.329 e. The Labute approximate surface area is 123 Å². The molecule has 2 nitrogen and oxygen atoms in total. The van der Waals surface area contributed by atoms with E-state index < -0.39 is 0 Å². The summed E-state index contributed by atoms with van der Waals surface area (Å²) >= 11 is 3.52. The Bertz CT molecular complexity index is 438. The molecule has 19 heavy (non-hydrogen) atoms. The van der Waals surface area contributed by atoms with E-state index in [0.29, 0.717) is 18.5 Å². The van der Waals surface area contributed by atoms with Gasteiger partial charge >= 0.3 is 0 Å². The van der Waals surface area contributed by atoms with Crippen LogP contribution in [0.5, 0.6) is 0 Å². The summed E-state index contributed by atoms with van der Waals surface area (Å²) < 4.78 is 14.4. The number of hydrogen-bond acceptors (Lipinski definition) is 2. The first-order valence-corrected chi connectivity index (χ1v) is 7.74. The van der Waals surface area contributed by atoms with Crippen molar-refractivity contribution in [2.45, 2.75) is 38.8 Å². The normalized spacial score (nSPS) is 26.4. The third-order valence-corrected chi connectivity index (χ3v) is 5.09. The lowest BCUT2D eigenvalue weighted by Gasteiger charge is -2.43. The lowest BCUT2D eigenvalue weighted by Crippen LogP contribution is -2.46. The maximum Gasteiger partial charge on any atom is 0.123 e. The van der Waals surface area contributed by atoms with Gasteiger partial charge in [0.2, 0.25) is 0 Å². The number of likely N-dealkylation sites (tertiary alicyclic amines) is 1. The zero-order valence-electron chi connectivity index (χ0n) is 11.6. The highest BCUT2D eigenvalue weighted by Gasteiger charge is 2.31. The molecule has 1 aromatic carbocycles. The Morgan fingerprint density at radius 1 is 1.47 bits per heavy atom. The molecule has 0 aromatic heterocycles. The molecule has 1 aliphatic heterocycles. The van der Waals surface area contributed by atoms with Crippen LogP contribution >= 0.6 is 15.9 Å². The first-order valence-electron chi connectivity index (χ1n) is 6.95. The standard InChI is InChI=1S/C15H22BrFN2/c1-10-4-3-7-19(11(10)2)15(9-18)13-8-12(17)5-6-14(13)16/h5-6,8,10-11,15H,3-4,7,9,18H2,1-2H3. The van der Waals surface area contributed by atoms with E-state index in [-0.39, 0.29) is 11.9 Å². The van der Waals surface area contributed by atoms with Gasteiger partial charge in [-0.1, -0.05) is 22.9 Å². The Hall–Kier alpha value is -0.450. The molecule has 1 heterocycles. The van der Waals surface area contributed by atoms with Crippen LogP contribution in [0, 0.1) is 11.7 Å². The molecule has 3 atom stereocenters. The second-order valence-corrected chi connectivity index (χ2v) is 6.37. The summed E-state index contributed by atoms with van der Waals surface area (Å²) in [4.78, 5) is 2.42. The van der Waals surface area contributed by atoms with Crippen LogP contribution in [0.15, 0.2) is 22.7 Å². The Kier molecular flexibility index (Phi) is 4.98. The second kappa shape index (κ2) is 6.33. The lowest BCUT2D eigenvalue weighted by atomic mass is 9.89. The van der Waals surface area contributed by atoms with Crippen LogP contribution in [0.1, 0.15) is 38.3 Å². The van der Waals surface area contributed by atoms with Crippen molar-refractivity contribution < 1.29 is 4.39 Å². The predicted molar refractivity (Wildman–Crippen MR) is 80.5 cm³/mol. The van der Waals surface area contributed by atoms with Crippen molar-refractivity contribution in [1.82, 2.24) is 4.90 Å². The molecule has 2 rings (SSSR count). The Balaban J connectivity index is 2.30. The minimum atomic E-state index is -0.200. The number of nitrogens with two attached hydrogens (primary N) is 1. The molecule has 3 unspecified atom stereocenters. The maximum absolute atomic E-state index is 13.5. The maximum atomic E-state index is 13.5. The van der Waals surface area contributed by atoms with Crippen molar-refractivity contribution in [2.75, 3.05) is 13.1 Å².